The highest BCUT2D eigenvalue weighted by Crippen LogP contribution is 2.06. The number of hydrogen-bond donors (Lipinski definition) is 2. The Balaban J connectivity index is 1.98. The molecule has 0 bridgehead atoms. The molecule has 0 aliphatic heterocycles. The number of rotatable bonds is 2. The second-order valence-corrected chi connectivity index (χ2v) is 3.19. The van der Waals surface area contributed by atoms with Gasteiger partial charge >= 0.3 is 6.03 Å². The van der Waals surface area contributed by atoms with Crippen LogP contribution in [0.4, 0.5) is 16.3 Å². The Labute approximate surface area is 92.3 Å². The lowest BCUT2D eigenvalue weighted by Gasteiger charge is -2.06. The topological polar surface area (TPSA) is 71.8 Å². The van der Waals surface area contributed by atoms with Crippen molar-refractivity contribution in [1.29, 1.82) is 0 Å². The van der Waals surface area contributed by atoms with Gasteiger partial charge in [-0.15, -0.1) is 5.10 Å². The highest BCUT2D eigenvalue weighted by atomic mass is 16.2. The second kappa shape index (κ2) is 4.43. The molecule has 82 valence electrons. The molecule has 2 amide bonds. The molecule has 0 aliphatic carbocycles. The van der Waals surface area contributed by atoms with Gasteiger partial charge in [0.15, 0.2) is 5.82 Å². The van der Waals surface area contributed by atoms with E-state index in [2.05, 4.69) is 20.9 Å². The number of para-hydroxylation sites is 1. The molecule has 0 saturated carbocycles. The molecule has 1 aromatic carbocycles. The van der Waals surface area contributed by atoms with Crippen molar-refractivity contribution in [3.8, 4) is 0 Å². The molecule has 16 heavy (non-hydrogen) atoms. The lowest BCUT2D eigenvalue weighted by molar-refractivity contribution is 0.262. The number of carbonyl (C=O) groups excluding carboxylic acids is 1. The van der Waals surface area contributed by atoms with Crippen molar-refractivity contribution in [2.24, 2.45) is 7.05 Å². The molecule has 1 aromatic heterocycles. The first-order valence-corrected chi connectivity index (χ1v) is 4.73. The van der Waals surface area contributed by atoms with Crippen molar-refractivity contribution in [2.45, 2.75) is 0 Å². The number of hydrogen-bond acceptors (Lipinski definition) is 3. The summed E-state index contributed by atoms with van der Waals surface area (Å²) in [7, 11) is 1.70. The number of anilines is 2. The number of carbonyl (C=O) groups is 1. The van der Waals surface area contributed by atoms with Gasteiger partial charge in [0.1, 0.15) is 0 Å². The number of urea groups is 1. The van der Waals surface area contributed by atoms with E-state index in [-0.39, 0.29) is 6.03 Å². The van der Waals surface area contributed by atoms with Crippen LogP contribution in [-0.2, 0) is 7.05 Å². The second-order valence-electron chi connectivity index (χ2n) is 3.19. The van der Waals surface area contributed by atoms with Crippen LogP contribution in [-0.4, -0.2) is 21.0 Å². The zero-order valence-electron chi connectivity index (χ0n) is 8.71. The molecule has 6 nitrogen and oxygen atoms in total. The first-order chi connectivity index (χ1) is 7.75. The van der Waals surface area contributed by atoms with Crippen molar-refractivity contribution in [3.05, 3.63) is 36.5 Å². The van der Waals surface area contributed by atoms with Crippen LogP contribution in [0.3, 0.4) is 0 Å². The first-order valence-electron chi connectivity index (χ1n) is 4.73. The molecule has 2 rings (SSSR count). The van der Waals surface area contributed by atoms with Gasteiger partial charge in [-0.2, -0.15) is 0 Å². The zero-order valence-corrected chi connectivity index (χ0v) is 8.71. The predicted octanol–water partition coefficient (Wildman–Crippen LogP) is 1.46. The van der Waals surface area contributed by atoms with Crippen LogP contribution in [0.25, 0.3) is 0 Å². The molecule has 0 atom stereocenters. The third-order valence-corrected chi connectivity index (χ3v) is 1.99. The van der Waals surface area contributed by atoms with E-state index < -0.39 is 0 Å². The van der Waals surface area contributed by atoms with E-state index in [1.807, 2.05) is 18.2 Å². The van der Waals surface area contributed by atoms with Crippen LogP contribution < -0.4 is 10.6 Å². The van der Waals surface area contributed by atoms with Gasteiger partial charge in [0.05, 0.1) is 6.20 Å². The fraction of sp³-hybridized carbons (Fsp3) is 0.100. The third kappa shape index (κ3) is 2.35. The molecule has 0 radical (unpaired) electrons. The quantitative estimate of drug-likeness (QED) is 0.799. The Morgan fingerprint density at radius 2 is 2.00 bits per heavy atom. The third-order valence-electron chi connectivity index (χ3n) is 1.99. The van der Waals surface area contributed by atoms with Crippen molar-refractivity contribution < 1.29 is 4.79 Å². The minimum Gasteiger partial charge on any atom is -0.308 e. The van der Waals surface area contributed by atoms with Crippen molar-refractivity contribution in [1.82, 2.24) is 15.0 Å². The van der Waals surface area contributed by atoms with E-state index in [0.29, 0.717) is 5.82 Å². The maximum absolute atomic E-state index is 11.5. The van der Waals surface area contributed by atoms with Crippen molar-refractivity contribution in [2.75, 3.05) is 10.6 Å². The maximum Gasteiger partial charge on any atom is 0.324 e. The summed E-state index contributed by atoms with van der Waals surface area (Å²) in [6.45, 7) is 0. The number of amides is 2. The smallest absolute Gasteiger partial charge is 0.308 e. The maximum atomic E-state index is 11.5. The monoisotopic (exact) mass is 217 g/mol. The molecule has 0 fully saturated rings. The highest BCUT2D eigenvalue weighted by Gasteiger charge is 2.05. The van der Waals surface area contributed by atoms with E-state index in [4.69, 9.17) is 0 Å². The fourth-order valence-corrected chi connectivity index (χ4v) is 1.20. The van der Waals surface area contributed by atoms with Crippen LogP contribution >= 0.6 is 0 Å². The van der Waals surface area contributed by atoms with Gasteiger partial charge in [-0.3, -0.25) is 5.32 Å². The Kier molecular flexibility index (Phi) is 2.81. The molecular weight excluding hydrogens is 206 g/mol. The van der Waals surface area contributed by atoms with Gasteiger partial charge in [-0.25, -0.2) is 9.48 Å². The summed E-state index contributed by atoms with van der Waals surface area (Å²) >= 11 is 0. The van der Waals surface area contributed by atoms with Crippen LogP contribution in [0, 0.1) is 0 Å². The van der Waals surface area contributed by atoms with Gasteiger partial charge in [0.25, 0.3) is 0 Å². The van der Waals surface area contributed by atoms with Gasteiger partial charge < -0.3 is 5.32 Å². The summed E-state index contributed by atoms with van der Waals surface area (Å²) in [5, 5.41) is 12.7. The average molecular weight is 217 g/mol. The number of benzene rings is 1. The lowest BCUT2D eigenvalue weighted by atomic mass is 10.3. The molecule has 2 aromatic rings. The summed E-state index contributed by atoms with van der Waals surface area (Å²) in [5.41, 5.74) is 0.732. The van der Waals surface area contributed by atoms with Gasteiger partial charge in [0.2, 0.25) is 0 Å². The first kappa shape index (κ1) is 10.2. The SMILES string of the molecule is Cn1nncc1NC(=O)Nc1ccccc1. The number of nitrogens with one attached hydrogen (secondary N) is 2. The molecule has 0 unspecified atom stereocenters. The zero-order chi connectivity index (χ0) is 11.4. The molecule has 2 N–H and O–H groups in total. The Bertz CT molecular complexity index is 479. The average Bonchev–Trinajstić information content (AvgIpc) is 2.66. The van der Waals surface area contributed by atoms with E-state index in [1.54, 1.807) is 19.2 Å². The van der Waals surface area contributed by atoms with E-state index >= 15 is 0 Å². The summed E-state index contributed by atoms with van der Waals surface area (Å²) < 4.78 is 1.48. The van der Waals surface area contributed by atoms with Crippen LogP contribution in [0.1, 0.15) is 0 Å². The van der Waals surface area contributed by atoms with Gasteiger partial charge in [-0.05, 0) is 12.1 Å². The predicted molar refractivity (Wildman–Crippen MR) is 60.1 cm³/mol. The van der Waals surface area contributed by atoms with Crippen molar-refractivity contribution in [3.63, 3.8) is 0 Å². The lowest BCUT2D eigenvalue weighted by Crippen LogP contribution is -2.20. The fourth-order valence-electron chi connectivity index (χ4n) is 1.20. The van der Waals surface area contributed by atoms with Crippen LogP contribution in [0.5, 0.6) is 0 Å². The van der Waals surface area contributed by atoms with Gasteiger partial charge in [-0.1, -0.05) is 23.4 Å². The summed E-state index contributed by atoms with van der Waals surface area (Å²) in [6, 6.07) is 8.87. The normalized spacial score (nSPS) is 9.81. The van der Waals surface area contributed by atoms with Crippen LogP contribution in [0.15, 0.2) is 36.5 Å². The van der Waals surface area contributed by atoms with Gasteiger partial charge in [0, 0.05) is 12.7 Å². The summed E-state index contributed by atoms with van der Waals surface area (Å²) in [5.74, 6) is 0.536. The highest BCUT2D eigenvalue weighted by molar-refractivity contribution is 5.99. The number of aryl methyl sites for hydroxylation is 1. The number of aromatic nitrogens is 3. The summed E-state index contributed by atoms with van der Waals surface area (Å²) in [6.07, 6.45) is 1.48. The van der Waals surface area contributed by atoms with Crippen molar-refractivity contribution >= 4 is 17.5 Å². The Hall–Kier alpha value is -2.37. The molecule has 1 heterocycles. The minimum absolute atomic E-state index is 0.323. The Morgan fingerprint density at radius 3 is 2.62 bits per heavy atom. The van der Waals surface area contributed by atoms with E-state index in [0.717, 1.165) is 5.69 Å². The molecule has 0 spiro atoms. The van der Waals surface area contributed by atoms with Crippen LogP contribution in [0.2, 0.25) is 0 Å². The van der Waals surface area contributed by atoms with E-state index in [1.165, 1.54) is 10.9 Å². The van der Waals surface area contributed by atoms with E-state index in [9.17, 15) is 4.79 Å². The summed E-state index contributed by atoms with van der Waals surface area (Å²) in [4.78, 5) is 11.5. The Morgan fingerprint density at radius 1 is 1.25 bits per heavy atom. The standard InChI is InChI=1S/C10H11N5O/c1-15-9(7-11-14-15)13-10(16)12-8-5-3-2-4-6-8/h2-7H,1H3,(H2,12,13,16). The molecule has 0 saturated heterocycles. The molecule has 6 heteroatoms. The largest absolute Gasteiger partial charge is 0.324 e. The molecule has 0 aliphatic rings. The minimum atomic E-state index is -0.323. The number of nitrogens with zero attached hydrogens (tertiary/aromatic N) is 3. The molecular formula is C10H11N5O.